The fraction of sp³-hybridized carbons (Fsp3) is 0.583. The van der Waals surface area contributed by atoms with Crippen molar-refractivity contribution in [3.63, 3.8) is 0 Å². The Morgan fingerprint density at radius 2 is 2.19 bits per heavy atom. The van der Waals surface area contributed by atoms with Crippen LogP contribution in [0.5, 0.6) is 0 Å². The van der Waals surface area contributed by atoms with Gasteiger partial charge in [-0.15, -0.1) is 0 Å². The van der Waals surface area contributed by atoms with Gasteiger partial charge in [-0.05, 0) is 45.0 Å². The molecule has 3 N–H and O–H groups in total. The minimum atomic E-state index is 0.292. The number of aliphatic hydroxyl groups excluding tert-OH is 1. The van der Waals surface area contributed by atoms with E-state index >= 15 is 0 Å². The largest absolute Gasteiger partial charge is 0.399 e. The van der Waals surface area contributed by atoms with Crippen LogP contribution in [0.2, 0.25) is 0 Å². The van der Waals surface area contributed by atoms with Crippen molar-refractivity contribution in [3.05, 3.63) is 24.0 Å². The van der Waals surface area contributed by atoms with Gasteiger partial charge in [0, 0.05) is 25.0 Å². The van der Waals surface area contributed by atoms with E-state index in [1.807, 2.05) is 6.07 Å². The van der Waals surface area contributed by atoms with Crippen LogP contribution in [-0.4, -0.2) is 35.2 Å². The molecule has 0 saturated heterocycles. The molecule has 1 aromatic heterocycles. The Balaban J connectivity index is 2.25. The van der Waals surface area contributed by atoms with Gasteiger partial charge in [0.25, 0.3) is 0 Å². The van der Waals surface area contributed by atoms with E-state index in [0.717, 1.165) is 43.7 Å². The molecule has 0 aliphatic carbocycles. The molecular weight excluding hydrogens is 202 g/mol. The lowest BCUT2D eigenvalue weighted by Crippen LogP contribution is -2.19. The van der Waals surface area contributed by atoms with Crippen LogP contribution < -0.4 is 5.73 Å². The summed E-state index contributed by atoms with van der Waals surface area (Å²) in [5.41, 5.74) is 7.45. The van der Waals surface area contributed by atoms with E-state index in [-0.39, 0.29) is 0 Å². The molecule has 90 valence electrons. The fourth-order valence-electron chi connectivity index (χ4n) is 1.61. The normalized spacial score (nSPS) is 10.9. The molecule has 0 saturated carbocycles. The third-order valence-electron chi connectivity index (χ3n) is 2.47. The fourth-order valence-corrected chi connectivity index (χ4v) is 1.61. The van der Waals surface area contributed by atoms with Crippen LogP contribution >= 0.6 is 0 Å². The quantitative estimate of drug-likeness (QED) is 0.683. The van der Waals surface area contributed by atoms with Crippen LogP contribution in [0.4, 0.5) is 5.69 Å². The van der Waals surface area contributed by atoms with E-state index in [9.17, 15) is 0 Å². The van der Waals surface area contributed by atoms with Gasteiger partial charge in [-0.3, -0.25) is 4.98 Å². The summed E-state index contributed by atoms with van der Waals surface area (Å²) in [6, 6.07) is 3.70. The second kappa shape index (κ2) is 7.19. The number of hydrogen-bond donors (Lipinski definition) is 2. The Labute approximate surface area is 97.1 Å². The molecule has 4 heteroatoms. The molecule has 0 aliphatic rings. The van der Waals surface area contributed by atoms with E-state index in [1.54, 1.807) is 12.3 Å². The van der Waals surface area contributed by atoms with E-state index in [0.29, 0.717) is 6.61 Å². The van der Waals surface area contributed by atoms with Crippen molar-refractivity contribution in [2.45, 2.75) is 25.8 Å². The van der Waals surface area contributed by atoms with Gasteiger partial charge in [0.15, 0.2) is 0 Å². The summed E-state index contributed by atoms with van der Waals surface area (Å²) < 4.78 is 0. The lowest BCUT2D eigenvalue weighted by Gasteiger charge is -2.15. The van der Waals surface area contributed by atoms with Crippen LogP contribution in [0.15, 0.2) is 18.3 Å². The highest BCUT2D eigenvalue weighted by Gasteiger charge is 2.01. The summed E-state index contributed by atoms with van der Waals surface area (Å²) in [5.74, 6) is 0. The maximum Gasteiger partial charge on any atom is 0.0564 e. The highest BCUT2D eigenvalue weighted by Crippen LogP contribution is 2.06. The van der Waals surface area contributed by atoms with E-state index in [2.05, 4.69) is 16.9 Å². The number of anilines is 1. The maximum atomic E-state index is 8.66. The Morgan fingerprint density at radius 1 is 1.38 bits per heavy atom. The molecule has 1 heterocycles. The van der Waals surface area contributed by atoms with Crippen molar-refractivity contribution >= 4 is 5.69 Å². The minimum absolute atomic E-state index is 0.292. The van der Waals surface area contributed by atoms with Gasteiger partial charge in [-0.25, -0.2) is 0 Å². The predicted octanol–water partition coefficient (Wildman–Crippen LogP) is 1.26. The number of unbranched alkanes of at least 4 members (excludes halogenated alkanes) is 2. The summed E-state index contributed by atoms with van der Waals surface area (Å²) in [6.07, 6.45) is 4.82. The van der Waals surface area contributed by atoms with Crippen LogP contribution in [0.1, 0.15) is 25.0 Å². The van der Waals surface area contributed by atoms with Crippen molar-refractivity contribution in [2.75, 3.05) is 25.9 Å². The lowest BCUT2D eigenvalue weighted by molar-refractivity contribution is 0.270. The van der Waals surface area contributed by atoms with Crippen molar-refractivity contribution in [1.82, 2.24) is 9.88 Å². The van der Waals surface area contributed by atoms with Gasteiger partial charge in [-0.2, -0.15) is 0 Å². The number of aliphatic hydroxyl groups is 1. The average Bonchev–Trinajstić information content (AvgIpc) is 2.24. The van der Waals surface area contributed by atoms with Crippen molar-refractivity contribution in [2.24, 2.45) is 0 Å². The van der Waals surface area contributed by atoms with Gasteiger partial charge in [-0.1, -0.05) is 0 Å². The smallest absolute Gasteiger partial charge is 0.0564 e. The Morgan fingerprint density at radius 3 is 2.88 bits per heavy atom. The summed E-state index contributed by atoms with van der Waals surface area (Å²) in [5, 5.41) is 8.66. The van der Waals surface area contributed by atoms with Gasteiger partial charge in [0.2, 0.25) is 0 Å². The number of hydrogen-bond acceptors (Lipinski definition) is 4. The molecule has 16 heavy (non-hydrogen) atoms. The van der Waals surface area contributed by atoms with E-state index < -0.39 is 0 Å². The average molecular weight is 223 g/mol. The van der Waals surface area contributed by atoms with Gasteiger partial charge >= 0.3 is 0 Å². The maximum absolute atomic E-state index is 8.66. The first-order chi connectivity index (χ1) is 7.72. The first-order valence-electron chi connectivity index (χ1n) is 5.72. The molecule has 0 fully saturated rings. The molecule has 1 aromatic rings. The first kappa shape index (κ1) is 12.9. The number of nitrogens with two attached hydrogens (primary N) is 1. The van der Waals surface area contributed by atoms with Crippen molar-refractivity contribution in [3.8, 4) is 0 Å². The molecule has 4 nitrogen and oxygen atoms in total. The molecule has 0 bridgehead atoms. The monoisotopic (exact) mass is 223 g/mol. The molecule has 0 unspecified atom stereocenters. The predicted molar refractivity (Wildman–Crippen MR) is 65.9 cm³/mol. The zero-order valence-corrected chi connectivity index (χ0v) is 9.89. The minimum Gasteiger partial charge on any atom is -0.399 e. The zero-order valence-electron chi connectivity index (χ0n) is 9.89. The third-order valence-corrected chi connectivity index (χ3v) is 2.47. The van der Waals surface area contributed by atoms with Gasteiger partial charge < -0.3 is 15.7 Å². The Hall–Kier alpha value is -1.13. The molecular formula is C12H21N3O. The Kier molecular flexibility index (Phi) is 5.82. The number of nitrogen functional groups attached to an aromatic ring is 1. The zero-order chi connectivity index (χ0) is 11.8. The summed E-state index contributed by atoms with van der Waals surface area (Å²) in [4.78, 5) is 6.48. The molecule has 0 aliphatic heterocycles. The lowest BCUT2D eigenvalue weighted by atomic mass is 10.2. The van der Waals surface area contributed by atoms with Crippen LogP contribution in [0.3, 0.4) is 0 Å². The second-order valence-corrected chi connectivity index (χ2v) is 4.10. The van der Waals surface area contributed by atoms with E-state index in [4.69, 9.17) is 10.8 Å². The third kappa shape index (κ3) is 5.09. The Bertz CT molecular complexity index is 304. The first-order valence-corrected chi connectivity index (χ1v) is 5.72. The van der Waals surface area contributed by atoms with Crippen molar-refractivity contribution < 1.29 is 5.11 Å². The summed E-state index contributed by atoms with van der Waals surface area (Å²) in [7, 11) is 2.07. The van der Waals surface area contributed by atoms with Crippen LogP contribution in [-0.2, 0) is 6.54 Å². The van der Waals surface area contributed by atoms with Gasteiger partial charge in [0.1, 0.15) is 0 Å². The van der Waals surface area contributed by atoms with E-state index in [1.165, 1.54) is 0 Å². The van der Waals surface area contributed by atoms with Crippen LogP contribution in [0, 0.1) is 0 Å². The highest BCUT2D eigenvalue weighted by atomic mass is 16.2. The molecule has 0 aromatic carbocycles. The molecule has 1 rings (SSSR count). The van der Waals surface area contributed by atoms with Gasteiger partial charge in [0.05, 0.1) is 5.69 Å². The summed E-state index contributed by atoms with van der Waals surface area (Å²) >= 11 is 0. The number of pyridine rings is 1. The molecule has 0 radical (unpaired) electrons. The number of rotatable bonds is 7. The van der Waals surface area contributed by atoms with Crippen molar-refractivity contribution in [1.29, 1.82) is 0 Å². The number of nitrogens with zero attached hydrogens (tertiary/aromatic N) is 2. The van der Waals surface area contributed by atoms with Crippen LogP contribution in [0.25, 0.3) is 0 Å². The SMILES string of the molecule is CN(CCCCCO)Cc1cc(N)ccn1. The second-order valence-electron chi connectivity index (χ2n) is 4.10. The molecule has 0 atom stereocenters. The molecule has 0 amide bonds. The summed E-state index contributed by atoms with van der Waals surface area (Å²) in [6.45, 7) is 2.14. The topological polar surface area (TPSA) is 62.4 Å². The number of aromatic nitrogens is 1. The molecule has 0 spiro atoms. The highest BCUT2D eigenvalue weighted by molar-refractivity contribution is 5.37. The standard InChI is InChI=1S/C12H21N3O/c1-15(7-3-2-4-8-16)10-12-9-11(13)5-6-14-12/h5-6,9,16H,2-4,7-8,10H2,1H3,(H2,13,14).